The van der Waals surface area contributed by atoms with Crippen molar-refractivity contribution in [1.29, 1.82) is 0 Å². The van der Waals surface area contributed by atoms with Crippen molar-refractivity contribution in [2.75, 3.05) is 20.2 Å². The molecule has 0 aromatic rings. The average Bonchev–Trinajstić information content (AvgIpc) is 2.36. The minimum absolute atomic E-state index is 0.00989. The molecule has 1 atom stereocenters. The zero-order valence-corrected chi connectivity index (χ0v) is 11.7. The highest BCUT2D eigenvalue weighted by atomic mass is 16.5. The zero-order valence-electron chi connectivity index (χ0n) is 11.7. The Morgan fingerprint density at radius 2 is 1.83 bits per heavy atom. The zero-order chi connectivity index (χ0) is 13.9. The molecular weight excluding hydrogens is 232 g/mol. The average molecular weight is 256 g/mol. The Morgan fingerprint density at radius 3 is 2.22 bits per heavy atom. The molecule has 5 heteroatoms. The lowest BCUT2D eigenvalue weighted by atomic mass is 9.73. The summed E-state index contributed by atoms with van der Waals surface area (Å²) in [6.07, 6.45) is 1.64. The first-order valence-corrected chi connectivity index (χ1v) is 6.43. The van der Waals surface area contributed by atoms with E-state index in [1.54, 1.807) is 11.8 Å². The molecule has 1 amide bonds. The smallest absolute Gasteiger partial charge is 0.311 e. The Labute approximate surface area is 109 Å². The van der Waals surface area contributed by atoms with E-state index < -0.39 is 11.5 Å². The first-order valence-electron chi connectivity index (χ1n) is 6.43. The Kier molecular flexibility index (Phi) is 4.73. The van der Waals surface area contributed by atoms with Crippen molar-refractivity contribution < 1.29 is 14.3 Å². The largest absolute Gasteiger partial charge is 0.469 e. The van der Waals surface area contributed by atoms with Crippen molar-refractivity contribution in [1.82, 2.24) is 4.90 Å². The van der Waals surface area contributed by atoms with Crippen molar-refractivity contribution in [3.63, 3.8) is 0 Å². The molecule has 0 saturated carbocycles. The molecule has 1 saturated heterocycles. The van der Waals surface area contributed by atoms with Gasteiger partial charge in [0.2, 0.25) is 5.91 Å². The van der Waals surface area contributed by atoms with Crippen LogP contribution in [0.3, 0.4) is 0 Å². The van der Waals surface area contributed by atoms with Gasteiger partial charge in [0.05, 0.1) is 18.6 Å². The van der Waals surface area contributed by atoms with Crippen molar-refractivity contribution in [3.8, 4) is 0 Å². The maximum absolute atomic E-state index is 11.8. The van der Waals surface area contributed by atoms with Crippen LogP contribution in [-0.2, 0) is 14.3 Å². The van der Waals surface area contributed by atoms with Crippen LogP contribution in [0, 0.1) is 11.3 Å². The molecule has 0 unspecified atom stereocenters. The normalized spacial score (nSPS) is 19.5. The summed E-state index contributed by atoms with van der Waals surface area (Å²) in [5.74, 6) is 0.0610. The second kappa shape index (κ2) is 5.69. The van der Waals surface area contributed by atoms with Crippen LogP contribution < -0.4 is 5.73 Å². The number of hydrogen-bond acceptors (Lipinski definition) is 4. The lowest BCUT2D eigenvalue weighted by molar-refractivity contribution is -0.155. The van der Waals surface area contributed by atoms with Crippen LogP contribution >= 0.6 is 0 Å². The Hall–Kier alpha value is -1.10. The molecule has 1 rings (SSSR count). The van der Waals surface area contributed by atoms with Gasteiger partial charge in [0.1, 0.15) is 0 Å². The van der Waals surface area contributed by atoms with Gasteiger partial charge in [-0.25, -0.2) is 0 Å². The number of nitrogens with zero attached hydrogens (tertiary/aromatic N) is 1. The van der Waals surface area contributed by atoms with Gasteiger partial charge < -0.3 is 15.4 Å². The molecule has 0 spiro atoms. The molecule has 1 heterocycles. The lowest BCUT2D eigenvalue weighted by Crippen LogP contribution is -2.48. The Bertz CT molecular complexity index is 318. The summed E-state index contributed by atoms with van der Waals surface area (Å²) in [5.41, 5.74) is 5.10. The van der Waals surface area contributed by atoms with Crippen LogP contribution in [0.25, 0.3) is 0 Å². The predicted octanol–water partition coefficient (Wildman–Crippen LogP) is 0.771. The van der Waals surface area contributed by atoms with Crippen LogP contribution in [0.1, 0.15) is 33.6 Å². The van der Waals surface area contributed by atoms with Gasteiger partial charge in [0.15, 0.2) is 0 Å². The summed E-state index contributed by atoms with van der Waals surface area (Å²) in [6.45, 7) is 6.86. The number of esters is 1. The topological polar surface area (TPSA) is 72.6 Å². The number of methoxy groups -OCH3 is 1. The highest BCUT2D eigenvalue weighted by molar-refractivity contribution is 5.81. The minimum atomic E-state index is -0.488. The van der Waals surface area contributed by atoms with Gasteiger partial charge in [0.25, 0.3) is 0 Å². The van der Waals surface area contributed by atoms with Crippen molar-refractivity contribution in [3.05, 3.63) is 0 Å². The van der Waals surface area contributed by atoms with E-state index in [2.05, 4.69) is 0 Å². The number of carbonyl (C=O) groups excluding carboxylic acids is 2. The molecule has 18 heavy (non-hydrogen) atoms. The molecule has 0 aromatic carbocycles. The SMILES string of the molecule is COC(=O)C(C)(C)C1CCN(C(=O)[C@H](C)N)CC1. The summed E-state index contributed by atoms with van der Waals surface area (Å²) in [4.78, 5) is 25.3. The first-order chi connectivity index (χ1) is 8.30. The number of rotatable bonds is 3. The summed E-state index contributed by atoms with van der Waals surface area (Å²) >= 11 is 0. The number of likely N-dealkylation sites (tertiary alicyclic amines) is 1. The summed E-state index contributed by atoms with van der Waals surface area (Å²) in [7, 11) is 1.42. The van der Waals surface area contributed by atoms with Gasteiger partial charge in [-0.1, -0.05) is 0 Å². The quantitative estimate of drug-likeness (QED) is 0.757. The van der Waals surface area contributed by atoms with Crippen molar-refractivity contribution in [2.45, 2.75) is 39.7 Å². The molecule has 2 N–H and O–H groups in total. The van der Waals surface area contributed by atoms with E-state index in [1.165, 1.54) is 7.11 Å². The van der Waals surface area contributed by atoms with E-state index in [1.807, 2.05) is 13.8 Å². The number of nitrogens with two attached hydrogens (primary N) is 1. The molecule has 0 aromatic heterocycles. The van der Waals surface area contributed by atoms with Gasteiger partial charge in [-0.3, -0.25) is 9.59 Å². The van der Waals surface area contributed by atoms with Gasteiger partial charge in [-0.05, 0) is 39.5 Å². The second-order valence-electron chi connectivity index (χ2n) is 5.60. The van der Waals surface area contributed by atoms with Gasteiger partial charge in [-0.2, -0.15) is 0 Å². The highest BCUT2D eigenvalue weighted by Gasteiger charge is 2.40. The summed E-state index contributed by atoms with van der Waals surface area (Å²) in [6, 6.07) is -0.449. The number of hydrogen-bond donors (Lipinski definition) is 1. The number of carbonyl (C=O) groups is 2. The molecule has 0 bridgehead atoms. The third-order valence-electron chi connectivity index (χ3n) is 3.93. The second-order valence-corrected chi connectivity index (χ2v) is 5.60. The van der Waals surface area contributed by atoms with E-state index in [-0.39, 0.29) is 17.8 Å². The third-order valence-corrected chi connectivity index (χ3v) is 3.93. The van der Waals surface area contributed by atoms with Gasteiger partial charge in [0, 0.05) is 13.1 Å². The van der Waals surface area contributed by atoms with Crippen LogP contribution in [0.15, 0.2) is 0 Å². The fourth-order valence-corrected chi connectivity index (χ4v) is 2.54. The van der Waals surface area contributed by atoms with Gasteiger partial charge >= 0.3 is 5.97 Å². The van der Waals surface area contributed by atoms with E-state index in [0.29, 0.717) is 13.1 Å². The fraction of sp³-hybridized carbons (Fsp3) is 0.846. The molecule has 0 aliphatic carbocycles. The molecule has 1 aliphatic rings. The van der Waals surface area contributed by atoms with Gasteiger partial charge in [-0.15, -0.1) is 0 Å². The van der Waals surface area contributed by atoms with E-state index >= 15 is 0 Å². The molecular formula is C13H24N2O3. The van der Waals surface area contributed by atoms with Crippen LogP contribution in [0.5, 0.6) is 0 Å². The third kappa shape index (κ3) is 3.02. The maximum Gasteiger partial charge on any atom is 0.311 e. The molecule has 1 aliphatic heterocycles. The predicted molar refractivity (Wildman–Crippen MR) is 68.8 cm³/mol. The monoisotopic (exact) mass is 256 g/mol. The fourth-order valence-electron chi connectivity index (χ4n) is 2.54. The van der Waals surface area contributed by atoms with E-state index in [9.17, 15) is 9.59 Å². The summed E-state index contributed by atoms with van der Waals surface area (Å²) in [5, 5.41) is 0. The summed E-state index contributed by atoms with van der Waals surface area (Å²) < 4.78 is 4.84. The first kappa shape index (κ1) is 15.0. The van der Waals surface area contributed by atoms with Crippen molar-refractivity contribution >= 4 is 11.9 Å². The number of piperidine rings is 1. The minimum Gasteiger partial charge on any atom is -0.469 e. The lowest BCUT2D eigenvalue weighted by Gasteiger charge is -2.39. The Morgan fingerprint density at radius 1 is 1.33 bits per heavy atom. The van der Waals surface area contributed by atoms with E-state index in [0.717, 1.165) is 12.8 Å². The molecule has 104 valence electrons. The van der Waals surface area contributed by atoms with Crippen molar-refractivity contribution in [2.24, 2.45) is 17.1 Å². The number of ether oxygens (including phenoxy) is 1. The number of amides is 1. The van der Waals surface area contributed by atoms with E-state index in [4.69, 9.17) is 10.5 Å². The van der Waals surface area contributed by atoms with Crippen LogP contribution in [0.4, 0.5) is 0 Å². The van der Waals surface area contributed by atoms with Crippen LogP contribution in [0.2, 0.25) is 0 Å². The highest BCUT2D eigenvalue weighted by Crippen LogP contribution is 2.36. The Balaban J connectivity index is 2.59. The molecule has 5 nitrogen and oxygen atoms in total. The van der Waals surface area contributed by atoms with Crippen LogP contribution in [-0.4, -0.2) is 43.0 Å². The maximum atomic E-state index is 11.8. The molecule has 1 fully saturated rings. The molecule has 0 radical (unpaired) electrons. The standard InChI is InChI=1S/C13H24N2O3/c1-9(14)11(16)15-7-5-10(6-8-15)13(2,3)12(17)18-4/h9-10H,5-8,14H2,1-4H3/t9-/m0/s1.